The molecular weight excluding hydrogens is 244 g/mol. The Morgan fingerprint density at radius 1 is 1.11 bits per heavy atom. The van der Waals surface area contributed by atoms with Gasteiger partial charge in [-0.05, 0) is 18.6 Å². The summed E-state index contributed by atoms with van der Waals surface area (Å²) < 4.78 is 16.6. The zero-order valence-corrected chi connectivity index (χ0v) is 10.6. The molecule has 1 aliphatic heterocycles. The van der Waals surface area contributed by atoms with Gasteiger partial charge in [-0.2, -0.15) is 0 Å². The summed E-state index contributed by atoms with van der Waals surface area (Å²) in [5.41, 5.74) is 1.71. The number of rotatable bonds is 4. The molecule has 0 atom stereocenters. The predicted octanol–water partition coefficient (Wildman–Crippen LogP) is 2.16. The average molecular weight is 260 g/mol. The highest BCUT2D eigenvalue weighted by Gasteiger charge is 2.13. The van der Waals surface area contributed by atoms with Gasteiger partial charge in [-0.15, -0.1) is 0 Å². The Morgan fingerprint density at radius 3 is 2.74 bits per heavy atom. The third-order valence-corrected chi connectivity index (χ3v) is 2.96. The van der Waals surface area contributed by atoms with Crippen LogP contribution in [0.3, 0.4) is 0 Å². The Balaban J connectivity index is 1.56. The molecule has 5 nitrogen and oxygen atoms in total. The van der Waals surface area contributed by atoms with E-state index < -0.39 is 0 Å². The minimum Gasteiger partial charge on any atom is -0.493 e. The number of hydrogen-bond acceptors (Lipinski definition) is 5. The molecule has 1 aromatic carbocycles. The first kappa shape index (κ1) is 12.3. The van der Waals surface area contributed by atoms with Crippen molar-refractivity contribution in [1.29, 1.82) is 0 Å². The van der Waals surface area contributed by atoms with Gasteiger partial charge in [0, 0.05) is 24.9 Å². The summed E-state index contributed by atoms with van der Waals surface area (Å²) in [6.07, 6.45) is 4.93. The molecule has 1 saturated heterocycles. The van der Waals surface area contributed by atoms with Gasteiger partial charge in [0.1, 0.15) is 5.75 Å². The van der Waals surface area contributed by atoms with Crippen LogP contribution in [0.25, 0.3) is 11.0 Å². The van der Waals surface area contributed by atoms with Crippen molar-refractivity contribution in [3.63, 3.8) is 0 Å². The molecule has 0 bridgehead atoms. The molecule has 100 valence electrons. The lowest BCUT2D eigenvalue weighted by Gasteiger charge is -2.23. The molecule has 19 heavy (non-hydrogen) atoms. The number of fused-ring (bicyclic) bond motifs is 1. The Bertz CT molecular complexity index is 541. The molecule has 1 aromatic heterocycles. The van der Waals surface area contributed by atoms with Gasteiger partial charge in [-0.25, -0.2) is 0 Å². The van der Waals surface area contributed by atoms with Crippen LogP contribution in [0.2, 0.25) is 0 Å². The van der Waals surface area contributed by atoms with E-state index in [0.717, 1.165) is 42.8 Å². The Kier molecular flexibility index (Phi) is 3.86. The van der Waals surface area contributed by atoms with Gasteiger partial charge < -0.3 is 14.2 Å². The van der Waals surface area contributed by atoms with Crippen molar-refractivity contribution >= 4 is 11.0 Å². The maximum atomic E-state index is 5.69. The first-order valence-electron chi connectivity index (χ1n) is 6.48. The van der Waals surface area contributed by atoms with E-state index in [1.54, 1.807) is 12.4 Å². The normalized spacial score (nSPS) is 16.6. The second-order valence-electron chi connectivity index (χ2n) is 4.37. The largest absolute Gasteiger partial charge is 0.493 e. The van der Waals surface area contributed by atoms with Gasteiger partial charge in [-0.3, -0.25) is 9.97 Å². The fourth-order valence-electron chi connectivity index (χ4n) is 2.01. The standard InChI is InChI=1S/C14H16N2O3/c1-7-18-14(19-8-1)4-9-17-11-2-3-12-13(10-11)16-6-5-15-12/h2-3,5-6,10,14H,1,4,7-9H2. The van der Waals surface area contributed by atoms with Crippen molar-refractivity contribution < 1.29 is 14.2 Å². The molecule has 0 aliphatic carbocycles. The monoisotopic (exact) mass is 260 g/mol. The molecule has 0 saturated carbocycles. The summed E-state index contributed by atoms with van der Waals surface area (Å²) in [5, 5.41) is 0. The van der Waals surface area contributed by atoms with Crippen LogP contribution in [-0.4, -0.2) is 36.1 Å². The second-order valence-corrected chi connectivity index (χ2v) is 4.37. The molecule has 0 unspecified atom stereocenters. The molecule has 5 heteroatoms. The highest BCUT2D eigenvalue weighted by atomic mass is 16.7. The zero-order valence-electron chi connectivity index (χ0n) is 10.6. The maximum absolute atomic E-state index is 5.69. The fourth-order valence-corrected chi connectivity index (χ4v) is 2.01. The first-order valence-corrected chi connectivity index (χ1v) is 6.48. The number of benzene rings is 1. The molecule has 1 fully saturated rings. The van der Waals surface area contributed by atoms with Crippen molar-refractivity contribution in [1.82, 2.24) is 9.97 Å². The van der Waals surface area contributed by atoms with Crippen molar-refractivity contribution in [3.8, 4) is 5.75 Å². The highest BCUT2D eigenvalue weighted by Crippen LogP contribution is 2.18. The summed E-state index contributed by atoms with van der Waals surface area (Å²) in [7, 11) is 0. The van der Waals surface area contributed by atoms with Crippen LogP contribution in [0.1, 0.15) is 12.8 Å². The number of hydrogen-bond donors (Lipinski definition) is 0. The first-order chi connectivity index (χ1) is 9.42. The van der Waals surface area contributed by atoms with Crippen molar-refractivity contribution in [2.24, 2.45) is 0 Å². The summed E-state index contributed by atoms with van der Waals surface area (Å²) >= 11 is 0. The molecule has 3 rings (SSSR count). The average Bonchev–Trinajstić information content (AvgIpc) is 2.48. The van der Waals surface area contributed by atoms with Crippen LogP contribution in [0.5, 0.6) is 5.75 Å². The predicted molar refractivity (Wildman–Crippen MR) is 70.0 cm³/mol. The van der Waals surface area contributed by atoms with E-state index in [1.165, 1.54) is 0 Å². The van der Waals surface area contributed by atoms with Crippen LogP contribution in [0.15, 0.2) is 30.6 Å². The van der Waals surface area contributed by atoms with E-state index >= 15 is 0 Å². The van der Waals surface area contributed by atoms with Crippen LogP contribution in [-0.2, 0) is 9.47 Å². The van der Waals surface area contributed by atoms with Gasteiger partial charge in [0.2, 0.25) is 0 Å². The van der Waals surface area contributed by atoms with Gasteiger partial charge in [0.15, 0.2) is 6.29 Å². The number of ether oxygens (including phenoxy) is 3. The second kappa shape index (κ2) is 5.95. The van der Waals surface area contributed by atoms with Gasteiger partial charge in [0.25, 0.3) is 0 Å². The Morgan fingerprint density at radius 2 is 1.89 bits per heavy atom. The van der Waals surface area contributed by atoms with Gasteiger partial charge in [0.05, 0.1) is 30.9 Å². The molecular formula is C14H16N2O3. The quantitative estimate of drug-likeness (QED) is 0.843. The summed E-state index contributed by atoms with van der Waals surface area (Å²) in [6.45, 7) is 2.11. The Hall–Kier alpha value is -1.72. The van der Waals surface area contributed by atoms with Crippen LogP contribution >= 0.6 is 0 Å². The van der Waals surface area contributed by atoms with E-state index in [4.69, 9.17) is 14.2 Å². The van der Waals surface area contributed by atoms with Crippen LogP contribution in [0, 0.1) is 0 Å². The molecule has 0 N–H and O–H groups in total. The van der Waals surface area contributed by atoms with Crippen molar-refractivity contribution in [3.05, 3.63) is 30.6 Å². The van der Waals surface area contributed by atoms with Gasteiger partial charge >= 0.3 is 0 Å². The van der Waals surface area contributed by atoms with Crippen LogP contribution < -0.4 is 4.74 Å². The van der Waals surface area contributed by atoms with Crippen molar-refractivity contribution in [2.75, 3.05) is 19.8 Å². The smallest absolute Gasteiger partial charge is 0.160 e. The third kappa shape index (κ3) is 3.19. The topological polar surface area (TPSA) is 53.5 Å². The molecule has 1 aliphatic rings. The summed E-state index contributed by atoms with van der Waals surface area (Å²) in [6, 6.07) is 5.70. The molecule has 2 aromatic rings. The SMILES string of the molecule is c1cnc2cc(OCCC3OCCCO3)ccc2n1. The minimum absolute atomic E-state index is 0.131. The van der Waals surface area contributed by atoms with E-state index in [1.807, 2.05) is 18.2 Å². The molecule has 2 heterocycles. The minimum atomic E-state index is -0.131. The van der Waals surface area contributed by atoms with Gasteiger partial charge in [-0.1, -0.05) is 0 Å². The lowest BCUT2D eigenvalue weighted by Crippen LogP contribution is -2.26. The zero-order chi connectivity index (χ0) is 12.9. The molecule has 0 spiro atoms. The molecule has 0 radical (unpaired) electrons. The number of nitrogens with zero attached hydrogens (tertiary/aromatic N) is 2. The lowest BCUT2D eigenvalue weighted by atomic mass is 10.3. The van der Waals surface area contributed by atoms with E-state index in [9.17, 15) is 0 Å². The van der Waals surface area contributed by atoms with E-state index in [0.29, 0.717) is 6.61 Å². The van der Waals surface area contributed by atoms with Crippen LogP contribution in [0.4, 0.5) is 0 Å². The van der Waals surface area contributed by atoms with E-state index in [-0.39, 0.29) is 6.29 Å². The summed E-state index contributed by atoms with van der Waals surface area (Å²) in [4.78, 5) is 8.47. The maximum Gasteiger partial charge on any atom is 0.160 e. The van der Waals surface area contributed by atoms with Crippen molar-refractivity contribution in [2.45, 2.75) is 19.1 Å². The fraction of sp³-hybridized carbons (Fsp3) is 0.429. The summed E-state index contributed by atoms with van der Waals surface area (Å²) in [5.74, 6) is 0.795. The van der Waals surface area contributed by atoms with E-state index in [2.05, 4.69) is 9.97 Å². The number of aromatic nitrogens is 2. The highest BCUT2D eigenvalue weighted by molar-refractivity contribution is 5.75. The molecule has 0 amide bonds. The lowest BCUT2D eigenvalue weighted by molar-refractivity contribution is -0.183. The Labute approximate surface area is 111 Å². The third-order valence-electron chi connectivity index (χ3n) is 2.96.